The molecule has 1 N–H and O–H groups in total. The Balaban J connectivity index is 2.23. The Bertz CT molecular complexity index is 424. The molecule has 0 unspecified atom stereocenters. The van der Waals surface area contributed by atoms with Gasteiger partial charge in [0.25, 0.3) is 5.91 Å². The Labute approximate surface area is 88.6 Å². The molecule has 2 heterocycles. The molecule has 0 spiro atoms. The molecule has 1 amide bonds. The van der Waals surface area contributed by atoms with E-state index in [0.717, 1.165) is 16.8 Å². The first kappa shape index (κ1) is 9.71. The van der Waals surface area contributed by atoms with Crippen LogP contribution in [0.3, 0.4) is 0 Å². The molecule has 0 fully saturated rings. The summed E-state index contributed by atoms with van der Waals surface area (Å²) in [6.07, 6.45) is 5.94. The van der Waals surface area contributed by atoms with E-state index in [1.54, 1.807) is 37.6 Å². The van der Waals surface area contributed by atoms with Gasteiger partial charge in [-0.1, -0.05) is 0 Å². The second-order valence-electron chi connectivity index (χ2n) is 3.72. The molecule has 0 atom stereocenters. The molecule has 0 saturated carbocycles. The minimum Gasteiger partial charge on any atom is -0.361 e. The van der Waals surface area contributed by atoms with Gasteiger partial charge in [-0.15, -0.1) is 0 Å². The van der Waals surface area contributed by atoms with Gasteiger partial charge in [-0.2, -0.15) is 0 Å². The first-order chi connectivity index (χ1) is 7.18. The number of fused-ring (bicyclic) bond motifs is 1. The lowest BCUT2D eigenvalue weighted by atomic mass is 10.0. The SMILES string of the molecule is CN(C)C(=O)C1=CNc2ccncc2C1. The van der Waals surface area contributed by atoms with Crippen molar-refractivity contribution in [3.63, 3.8) is 0 Å². The molecule has 1 aromatic rings. The monoisotopic (exact) mass is 203 g/mol. The fraction of sp³-hybridized carbons (Fsp3) is 0.273. The maximum absolute atomic E-state index is 11.7. The lowest BCUT2D eigenvalue weighted by molar-refractivity contribution is -0.124. The molecule has 15 heavy (non-hydrogen) atoms. The van der Waals surface area contributed by atoms with Crippen LogP contribution in [-0.4, -0.2) is 29.9 Å². The summed E-state index contributed by atoms with van der Waals surface area (Å²) in [5.74, 6) is 0.0389. The molecule has 0 radical (unpaired) electrons. The van der Waals surface area contributed by atoms with Crippen molar-refractivity contribution in [3.8, 4) is 0 Å². The molecular weight excluding hydrogens is 190 g/mol. The van der Waals surface area contributed by atoms with Crippen LogP contribution in [0, 0.1) is 0 Å². The third-order valence-electron chi connectivity index (χ3n) is 2.37. The van der Waals surface area contributed by atoms with Gasteiger partial charge in [0.05, 0.1) is 0 Å². The van der Waals surface area contributed by atoms with Crippen molar-refractivity contribution in [2.45, 2.75) is 6.42 Å². The molecular formula is C11H13N3O. The van der Waals surface area contributed by atoms with Gasteiger partial charge in [0, 0.05) is 50.4 Å². The summed E-state index contributed by atoms with van der Waals surface area (Å²) in [5.41, 5.74) is 2.85. The largest absolute Gasteiger partial charge is 0.361 e. The second kappa shape index (κ2) is 3.73. The quantitative estimate of drug-likeness (QED) is 0.741. The number of aromatic nitrogens is 1. The Hall–Kier alpha value is -1.84. The topological polar surface area (TPSA) is 45.2 Å². The van der Waals surface area contributed by atoms with Gasteiger partial charge in [0.1, 0.15) is 0 Å². The van der Waals surface area contributed by atoms with Gasteiger partial charge in [-0.25, -0.2) is 0 Å². The zero-order valence-electron chi connectivity index (χ0n) is 8.82. The van der Waals surface area contributed by atoms with Gasteiger partial charge < -0.3 is 10.2 Å². The van der Waals surface area contributed by atoms with Gasteiger partial charge in [-0.05, 0) is 11.6 Å². The van der Waals surface area contributed by atoms with Gasteiger partial charge in [-0.3, -0.25) is 9.78 Å². The number of amides is 1. The minimum absolute atomic E-state index is 0.0389. The number of anilines is 1. The minimum atomic E-state index is 0.0389. The Morgan fingerprint density at radius 1 is 1.53 bits per heavy atom. The van der Waals surface area contributed by atoms with Crippen LogP contribution in [0.2, 0.25) is 0 Å². The van der Waals surface area contributed by atoms with E-state index < -0.39 is 0 Å². The van der Waals surface area contributed by atoms with E-state index in [9.17, 15) is 4.79 Å². The number of hydrogen-bond acceptors (Lipinski definition) is 3. The van der Waals surface area contributed by atoms with Crippen LogP contribution in [0.15, 0.2) is 30.2 Å². The van der Waals surface area contributed by atoms with Crippen LogP contribution in [0.5, 0.6) is 0 Å². The van der Waals surface area contributed by atoms with E-state index in [1.165, 1.54) is 0 Å². The van der Waals surface area contributed by atoms with Crippen LogP contribution in [0.4, 0.5) is 5.69 Å². The Morgan fingerprint density at radius 2 is 2.33 bits per heavy atom. The number of nitrogens with one attached hydrogen (secondary N) is 1. The van der Waals surface area contributed by atoms with Gasteiger partial charge in [0.2, 0.25) is 0 Å². The number of likely N-dealkylation sites (N-methyl/N-ethyl adjacent to an activating group) is 1. The first-order valence-electron chi connectivity index (χ1n) is 4.78. The molecule has 2 rings (SSSR count). The van der Waals surface area contributed by atoms with Crippen molar-refractivity contribution < 1.29 is 4.79 Å². The van der Waals surface area contributed by atoms with E-state index in [-0.39, 0.29) is 5.91 Å². The normalized spacial score (nSPS) is 13.6. The van der Waals surface area contributed by atoms with Gasteiger partial charge in [0.15, 0.2) is 0 Å². The summed E-state index contributed by atoms with van der Waals surface area (Å²) in [7, 11) is 3.50. The summed E-state index contributed by atoms with van der Waals surface area (Å²) in [5, 5.41) is 3.10. The standard InChI is InChI=1S/C11H13N3O/c1-14(2)11(15)9-5-8-6-12-4-3-10(8)13-7-9/h3-4,6-7,13H,5H2,1-2H3. The third-order valence-corrected chi connectivity index (χ3v) is 2.37. The zero-order valence-corrected chi connectivity index (χ0v) is 8.82. The molecule has 78 valence electrons. The average molecular weight is 203 g/mol. The van der Waals surface area contributed by atoms with Crippen molar-refractivity contribution in [2.24, 2.45) is 0 Å². The predicted octanol–water partition coefficient (Wildman–Crippen LogP) is 1.02. The van der Waals surface area contributed by atoms with Crippen molar-refractivity contribution in [2.75, 3.05) is 19.4 Å². The molecule has 4 nitrogen and oxygen atoms in total. The van der Waals surface area contributed by atoms with E-state index in [0.29, 0.717) is 6.42 Å². The van der Waals surface area contributed by atoms with Gasteiger partial charge >= 0.3 is 0 Å². The fourth-order valence-electron chi connectivity index (χ4n) is 1.55. The maximum atomic E-state index is 11.7. The van der Waals surface area contributed by atoms with Crippen molar-refractivity contribution in [3.05, 3.63) is 35.8 Å². The molecule has 0 aliphatic carbocycles. The number of hydrogen-bond donors (Lipinski definition) is 1. The molecule has 0 saturated heterocycles. The maximum Gasteiger partial charge on any atom is 0.251 e. The highest BCUT2D eigenvalue weighted by molar-refractivity contribution is 5.94. The summed E-state index contributed by atoms with van der Waals surface area (Å²) in [6, 6.07) is 1.91. The van der Waals surface area contributed by atoms with Crippen molar-refractivity contribution >= 4 is 11.6 Å². The van der Waals surface area contributed by atoms with E-state index in [1.807, 2.05) is 6.07 Å². The Morgan fingerprint density at radius 3 is 3.07 bits per heavy atom. The van der Waals surface area contributed by atoms with Crippen molar-refractivity contribution in [1.29, 1.82) is 0 Å². The smallest absolute Gasteiger partial charge is 0.251 e. The fourth-order valence-corrected chi connectivity index (χ4v) is 1.55. The predicted molar refractivity (Wildman–Crippen MR) is 58.3 cm³/mol. The van der Waals surface area contributed by atoms with Crippen molar-refractivity contribution in [1.82, 2.24) is 9.88 Å². The van der Waals surface area contributed by atoms with E-state index in [4.69, 9.17) is 0 Å². The first-order valence-corrected chi connectivity index (χ1v) is 4.78. The van der Waals surface area contributed by atoms with E-state index in [2.05, 4.69) is 10.3 Å². The molecule has 4 heteroatoms. The molecule has 1 aromatic heterocycles. The summed E-state index contributed by atoms with van der Waals surface area (Å²) >= 11 is 0. The van der Waals surface area contributed by atoms with Crippen LogP contribution in [0.25, 0.3) is 0 Å². The molecule has 0 aromatic carbocycles. The highest BCUT2D eigenvalue weighted by atomic mass is 16.2. The highest BCUT2D eigenvalue weighted by Gasteiger charge is 2.17. The number of rotatable bonds is 1. The van der Waals surface area contributed by atoms with Crippen LogP contribution in [-0.2, 0) is 11.2 Å². The Kier molecular flexibility index (Phi) is 2.41. The molecule has 0 bridgehead atoms. The summed E-state index contributed by atoms with van der Waals surface area (Å²) in [4.78, 5) is 17.3. The third kappa shape index (κ3) is 1.83. The number of carbonyl (C=O) groups excluding carboxylic acids is 1. The van der Waals surface area contributed by atoms with Crippen LogP contribution in [0.1, 0.15) is 5.56 Å². The second-order valence-corrected chi connectivity index (χ2v) is 3.72. The lowest BCUT2D eigenvalue weighted by Crippen LogP contribution is -2.26. The summed E-state index contributed by atoms with van der Waals surface area (Å²) < 4.78 is 0. The summed E-state index contributed by atoms with van der Waals surface area (Å²) in [6.45, 7) is 0. The van der Waals surface area contributed by atoms with Crippen LogP contribution >= 0.6 is 0 Å². The number of nitrogens with zero attached hydrogens (tertiary/aromatic N) is 2. The number of pyridine rings is 1. The molecule has 1 aliphatic heterocycles. The zero-order chi connectivity index (χ0) is 10.8. The van der Waals surface area contributed by atoms with Crippen LogP contribution < -0.4 is 5.32 Å². The lowest BCUT2D eigenvalue weighted by Gasteiger charge is -2.19. The average Bonchev–Trinajstić information content (AvgIpc) is 2.27. The molecule has 1 aliphatic rings. The number of carbonyl (C=O) groups is 1. The van der Waals surface area contributed by atoms with E-state index >= 15 is 0 Å². The highest BCUT2D eigenvalue weighted by Crippen LogP contribution is 2.22.